The third kappa shape index (κ3) is 4.13. The zero-order valence-corrected chi connectivity index (χ0v) is 26.0. The monoisotopic (exact) mass is 584 g/mol. The zero-order valence-electron chi connectivity index (χ0n) is 25.1. The Hall–Kier alpha value is -4.92. The highest BCUT2D eigenvalue weighted by Crippen LogP contribution is 2.45. The molecule has 0 saturated heterocycles. The average molecular weight is 585 g/mol. The largest absolute Gasteiger partial charge is 0.488 e. The lowest BCUT2D eigenvalue weighted by Gasteiger charge is -2.18. The Kier molecular flexibility index (Phi) is 6.47. The molecule has 7 aromatic rings. The molecule has 0 radical (unpaired) electrons. The summed E-state index contributed by atoms with van der Waals surface area (Å²) in [4.78, 5) is 0. The Morgan fingerprint density at radius 1 is 0.614 bits per heavy atom. The molecule has 0 fully saturated rings. The van der Waals surface area contributed by atoms with Gasteiger partial charge >= 0.3 is 0 Å². The molecule has 0 aliphatic carbocycles. The Balaban J connectivity index is 1.31. The van der Waals surface area contributed by atoms with E-state index in [2.05, 4.69) is 148 Å². The van der Waals surface area contributed by atoms with E-state index >= 15 is 0 Å². The van der Waals surface area contributed by atoms with Crippen LogP contribution in [-0.2, 0) is 0 Å². The molecule has 212 valence electrons. The van der Waals surface area contributed by atoms with E-state index in [9.17, 15) is 0 Å². The number of allylic oxidation sites excluding steroid dienone is 7. The molecule has 1 aliphatic heterocycles. The second-order valence-corrected chi connectivity index (χ2v) is 12.7. The lowest BCUT2D eigenvalue weighted by atomic mass is 9.86. The molecule has 2 heteroatoms. The summed E-state index contributed by atoms with van der Waals surface area (Å²) in [6.45, 7) is 7.11. The summed E-state index contributed by atoms with van der Waals surface area (Å²) in [6.07, 6.45) is 11.0. The summed E-state index contributed by atoms with van der Waals surface area (Å²) in [5, 5.41) is 10.4. The molecule has 0 bridgehead atoms. The lowest BCUT2D eigenvalue weighted by Crippen LogP contribution is -1.94. The summed E-state index contributed by atoms with van der Waals surface area (Å²) < 4.78 is 8.92. The summed E-state index contributed by atoms with van der Waals surface area (Å²) in [5.74, 6) is 0.971. The lowest BCUT2D eigenvalue weighted by molar-refractivity contribution is 0.388. The molecule has 6 aromatic carbocycles. The highest BCUT2D eigenvalue weighted by molar-refractivity contribution is 7.26. The number of thiophene rings is 1. The quantitative estimate of drug-likeness (QED) is 0.148. The van der Waals surface area contributed by atoms with Crippen molar-refractivity contribution in [3.63, 3.8) is 0 Å². The Labute approximate surface area is 261 Å². The Morgan fingerprint density at radius 3 is 1.82 bits per heavy atom. The van der Waals surface area contributed by atoms with Gasteiger partial charge in [-0.1, -0.05) is 109 Å². The zero-order chi connectivity index (χ0) is 29.8. The molecule has 8 rings (SSSR count). The van der Waals surface area contributed by atoms with Gasteiger partial charge < -0.3 is 4.74 Å². The van der Waals surface area contributed by atoms with E-state index in [1.54, 1.807) is 0 Å². The normalized spacial score (nSPS) is 15.0. The van der Waals surface area contributed by atoms with Crippen LogP contribution >= 0.6 is 11.3 Å². The molecule has 0 unspecified atom stereocenters. The van der Waals surface area contributed by atoms with E-state index in [4.69, 9.17) is 4.74 Å². The molecule has 1 aromatic heterocycles. The van der Waals surface area contributed by atoms with E-state index < -0.39 is 0 Å². The van der Waals surface area contributed by atoms with E-state index in [1.807, 2.05) is 11.3 Å². The fourth-order valence-corrected chi connectivity index (χ4v) is 8.22. The molecule has 2 heterocycles. The molecule has 0 amide bonds. The predicted octanol–water partition coefficient (Wildman–Crippen LogP) is 12.4. The minimum Gasteiger partial charge on any atom is -0.488 e. The third-order valence-corrected chi connectivity index (χ3v) is 10.2. The number of ether oxygens (including phenoxy) is 1. The molecule has 44 heavy (non-hydrogen) atoms. The van der Waals surface area contributed by atoms with Crippen molar-refractivity contribution in [1.82, 2.24) is 0 Å². The first kappa shape index (κ1) is 26.7. The smallest absolute Gasteiger partial charge is 0.128 e. The first-order valence-corrected chi connectivity index (χ1v) is 16.1. The fourth-order valence-electron chi connectivity index (χ4n) is 6.99. The van der Waals surface area contributed by atoms with Crippen molar-refractivity contribution in [2.24, 2.45) is 0 Å². The van der Waals surface area contributed by atoms with Crippen LogP contribution in [-0.4, -0.2) is 6.61 Å². The van der Waals surface area contributed by atoms with Crippen LogP contribution in [0.1, 0.15) is 37.5 Å². The average Bonchev–Trinajstić information content (AvgIpc) is 3.66. The van der Waals surface area contributed by atoms with Gasteiger partial charge in [0.2, 0.25) is 0 Å². The predicted molar refractivity (Wildman–Crippen MR) is 194 cm³/mol. The van der Waals surface area contributed by atoms with Crippen molar-refractivity contribution < 1.29 is 4.74 Å². The van der Waals surface area contributed by atoms with Crippen molar-refractivity contribution in [2.45, 2.75) is 20.8 Å². The molecule has 0 N–H and O–H groups in total. The number of benzene rings is 6. The van der Waals surface area contributed by atoms with Gasteiger partial charge in [0.25, 0.3) is 0 Å². The SMILES string of the molecule is C/C=C\C=C(/C)c1c2ccccc2c(/C(C)=C/C=C2\COc3ccc4c(ccc5c6ccccc6sc45)c32)c2ccccc12. The summed E-state index contributed by atoms with van der Waals surface area (Å²) in [6, 6.07) is 35.4. The third-order valence-electron chi connectivity index (χ3n) is 9.00. The van der Waals surface area contributed by atoms with Crippen LogP contribution in [0.15, 0.2) is 127 Å². The van der Waals surface area contributed by atoms with Crippen LogP contribution in [0.3, 0.4) is 0 Å². The van der Waals surface area contributed by atoms with Crippen LogP contribution in [0.25, 0.3) is 69.2 Å². The van der Waals surface area contributed by atoms with Crippen molar-refractivity contribution in [3.05, 3.63) is 144 Å². The molecule has 1 nitrogen and oxygen atoms in total. The standard InChI is InChI=1S/C42H32OS/c1-4-5-12-26(2)39-30-14-6-8-16-32(30)40(33-17-9-7-15-31(33)39)27(3)19-20-28-25-43-37-24-23-36-34(41(28)37)21-22-35-29-13-10-11-18-38(29)44-42(35)36/h4-24H,25H2,1-3H3/b5-4-,26-12+,27-19+,28-20+. The number of hydrogen-bond acceptors (Lipinski definition) is 2. The second kappa shape index (κ2) is 10.7. The fraction of sp³-hybridized carbons (Fsp3) is 0.0952. The minimum atomic E-state index is 0.581. The van der Waals surface area contributed by atoms with Crippen LogP contribution in [0.5, 0.6) is 5.75 Å². The maximum absolute atomic E-state index is 6.24. The van der Waals surface area contributed by atoms with Crippen LogP contribution in [0.2, 0.25) is 0 Å². The number of hydrogen-bond donors (Lipinski definition) is 0. The number of fused-ring (bicyclic) bond motifs is 9. The highest BCUT2D eigenvalue weighted by Gasteiger charge is 2.22. The molecule has 0 atom stereocenters. The van der Waals surface area contributed by atoms with Crippen molar-refractivity contribution in [3.8, 4) is 5.75 Å². The summed E-state index contributed by atoms with van der Waals surface area (Å²) >= 11 is 1.88. The molecule has 0 saturated carbocycles. The maximum Gasteiger partial charge on any atom is 0.128 e. The van der Waals surface area contributed by atoms with Crippen LogP contribution in [0, 0.1) is 0 Å². The van der Waals surface area contributed by atoms with E-state index in [-0.39, 0.29) is 0 Å². The van der Waals surface area contributed by atoms with Gasteiger partial charge in [0.05, 0.1) is 0 Å². The van der Waals surface area contributed by atoms with E-state index in [1.165, 1.54) is 85.9 Å². The van der Waals surface area contributed by atoms with Gasteiger partial charge in [0, 0.05) is 36.7 Å². The Morgan fingerprint density at radius 2 is 1.16 bits per heavy atom. The topological polar surface area (TPSA) is 9.23 Å². The van der Waals surface area contributed by atoms with Gasteiger partial charge in [0.15, 0.2) is 0 Å². The van der Waals surface area contributed by atoms with Gasteiger partial charge in [0.1, 0.15) is 12.4 Å². The van der Waals surface area contributed by atoms with Crippen molar-refractivity contribution in [2.75, 3.05) is 6.61 Å². The minimum absolute atomic E-state index is 0.581. The van der Waals surface area contributed by atoms with E-state index in [0.717, 1.165) is 5.75 Å². The van der Waals surface area contributed by atoms with E-state index in [0.29, 0.717) is 6.61 Å². The number of rotatable bonds is 4. The van der Waals surface area contributed by atoms with Crippen molar-refractivity contribution in [1.29, 1.82) is 0 Å². The second-order valence-electron chi connectivity index (χ2n) is 11.6. The Bertz CT molecular complexity index is 2350. The summed E-state index contributed by atoms with van der Waals surface area (Å²) in [5.41, 5.74) is 7.56. The van der Waals surface area contributed by atoms with Crippen LogP contribution < -0.4 is 4.74 Å². The van der Waals surface area contributed by atoms with Gasteiger partial charge in [-0.15, -0.1) is 11.3 Å². The molecule has 1 aliphatic rings. The van der Waals surface area contributed by atoms with Crippen LogP contribution in [0.4, 0.5) is 0 Å². The maximum atomic E-state index is 6.24. The van der Waals surface area contributed by atoms with Gasteiger partial charge in [-0.2, -0.15) is 0 Å². The van der Waals surface area contributed by atoms with Gasteiger partial charge in [-0.05, 0) is 88.2 Å². The molecular weight excluding hydrogens is 553 g/mol. The summed E-state index contributed by atoms with van der Waals surface area (Å²) in [7, 11) is 0. The first-order valence-electron chi connectivity index (χ1n) is 15.3. The van der Waals surface area contributed by atoms with Gasteiger partial charge in [-0.25, -0.2) is 0 Å². The molecule has 0 spiro atoms. The molecular formula is C42H32OS. The first-order chi connectivity index (χ1) is 21.6. The highest BCUT2D eigenvalue weighted by atomic mass is 32.1. The van der Waals surface area contributed by atoms with Gasteiger partial charge in [-0.3, -0.25) is 0 Å². The van der Waals surface area contributed by atoms with Crippen molar-refractivity contribution >= 4 is 80.5 Å².